The Balaban J connectivity index is 1.50. The van der Waals surface area contributed by atoms with Crippen molar-refractivity contribution in [1.82, 2.24) is 0 Å². The number of benzene rings is 3. The molecule has 144 valence electrons. The molecule has 28 heavy (non-hydrogen) atoms. The molecule has 0 N–H and O–H groups in total. The van der Waals surface area contributed by atoms with Crippen molar-refractivity contribution in [3.8, 4) is 5.75 Å². The van der Waals surface area contributed by atoms with Crippen LogP contribution >= 0.6 is 0 Å². The van der Waals surface area contributed by atoms with Gasteiger partial charge in [0.1, 0.15) is 18.5 Å². The van der Waals surface area contributed by atoms with Crippen LogP contribution in [0.2, 0.25) is 0 Å². The summed E-state index contributed by atoms with van der Waals surface area (Å²) in [5.41, 5.74) is 3.30. The summed E-state index contributed by atoms with van der Waals surface area (Å²) in [4.78, 5) is 2.22. The number of hydrogen-bond donors (Lipinski definition) is 0. The molecule has 3 aromatic rings. The highest BCUT2D eigenvalue weighted by atomic mass is 16.7. The van der Waals surface area contributed by atoms with E-state index in [1.165, 1.54) is 0 Å². The molecule has 1 unspecified atom stereocenters. The van der Waals surface area contributed by atoms with E-state index < -0.39 is 5.79 Å². The SMILES string of the molecule is CC1(C)OCC(COc2ccc(N(c3ccccc3)c3ccccc3)cc2)O1. The molecular formula is C24H25NO3. The monoisotopic (exact) mass is 375 g/mol. The van der Waals surface area contributed by atoms with Gasteiger partial charge in [-0.1, -0.05) is 36.4 Å². The molecule has 1 saturated heterocycles. The highest BCUT2D eigenvalue weighted by Gasteiger charge is 2.32. The molecule has 0 aromatic heterocycles. The molecule has 4 heteroatoms. The molecule has 4 nitrogen and oxygen atoms in total. The zero-order valence-electron chi connectivity index (χ0n) is 16.2. The van der Waals surface area contributed by atoms with Crippen molar-refractivity contribution in [2.24, 2.45) is 0 Å². The Hall–Kier alpha value is -2.82. The smallest absolute Gasteiger partial charge is 0.163 e. The molecule has 4 rings (SSSR count). The third-order valence-corrected chi connectivity index (χ3v) is 4.63. The van der Waals surface area contributed by atoms with Crippen LogP contribution in [0.4, 0.5) is 17.1 Å². The first-order valence-corrected chi connectivity index (χ1v) is 9.56. The molecule has 1 aliphatic heterocycles. The maximum atomic E-state index is 5.91. The minimum absolute atomic E-state index is 0.0418. The highest BCUT2D eigenvalue weighted by Crippen LogP contribution is 2.34. The fourth-order valence-electron chi connectivity index (χ4n) is 3.33. The summed E-state index contributed by atoms with van der Waals surface area (Å²) >= 11 is 0. The number of anilines is 3. The molecule has 0 spiro atoms. The number of rotatable bonds is 6. The first-order chi connectivity index (χ1) is 13.6. The van der Waals surface area contributed by atoms with E-state index in [0.29, 0.717) is 13.2 Å². The van der Waals surface area contributed by atoms with Crippen LogP contribution in [0.3, 0.4) is 0 Å². The summed E-state index contributed by atoms with van der Waals surface area (Å²) in [7, 11) is 0. The van der Waals surface area contributed by atoms with Gasteiger partial charge < -0.3 is 19.1 Å². The third kappa shape index (κ3) is 4.35. The lowest BCUT2D eigenvalue weighted by atomic mass is 10.2. The third-order valence-electron chi connectivity index (χ3n) is 4.63. The molecule has 1 fully saturated rings. The Labute approximate surface area is 166 Å². The summed E-state index contributed by atoms with van der Waals surface area (Å²) in [6, 6.07) is 28.8. The second kappa shape index (κ2) is 8.05. The van der Waals surface area contributed by atoms with Gasteiger partial charge in [0, 0.05) is 17.1 Å². The maximum absolute atomic E-state index is 5.91. The molecular weight excluding hydrogens is 350 g/mol. The summed E-state index contributed by atoms with van der Waals surface area (Å²) in [6.07, 6.45) is -0.0418. The highest BCUT2D eigenvalue weighted by molar-refractivity contribution is 5.76. The number of hydrogen-bond acceptors (Lipinski definition) is 4. The fourth-order valence-corrected chi connectivity index (χ4v) is 3.33. The Morgan fingerprint density at radius 2 is 1.36 bits per heavy atom. The van der Waals surface area contributed by atoms with Crippen LogP contribution in [0.5, 0.6) is 5.75 Å². The van der Waals surface area contributed by atoms with Crippen molar-refractivity contribution in [1.29, 1.82) is 0 Å². The number of nitrogens with zero attached hydrogens (tertiary/aromatic N) is 1. The van der Waals surface area contributed by atoms with E-state index in [2.05, 4.69) is 41.3 Å². The Morgan fingerprint density at radius 1 is 0.821 bits per heavy atom. The lowest BCUT2D eigenvalue weighted by Crippen LogP contribution is -2.25. The van der Waals surface area contributed by atoms with Crippen LogP contribution in [0.15, 0.2) is 84.9 Å². The molecule has 0 bridgehead atoms. The normalized spacial score (nSPS) is 18.0. The largest absolute Gasteiger partial charge is 0.491 e. The fraction of sp³-hybridized carbons (Fsp3) is 0.250. The first-order valence-electron chi connectivity index (χ1n) is 9.56. The van der Waals surface area contributed by atoms with Gasteiger partial charge in [0.05, 0.1) is 6.61 Å². The van der Waals surface area contributed by atoms with Crippen molar-refractivity contribution in [2.45, 2.75) is 25.7 Å². The van der Waals surface area contributed by atoms with Gasteiger partial charge in [0.25, 0.3) is 0 Å². The van der Waals surface area contributed by atoms with Gasteiger partial charge in [0.2, 0.25) is 0 Å². The van der Waals surface area contributed by atoms with Crippen molar-refractivity contribution < 1.29 is 14.2 Å². The van der Waals surface area contributed by atoms with Crippen LogP contribution in [0.1, 0.15) is 13.8 Å². The van der Waals surface area contributed by atoms with Crippen LogP contribution in [0, 0.1) is 0 Å². The Morgan fingerprint density at radius 3 is 1.86 bits per heavy atom. The molecule has 1 heterocycles. The van der Waals surface area contributed by atoms with Gasteiger partial charge in [-0.15, -0.1) is 0 Å². The van der Waals surface area contributed by atoms with Gasteiger partial charge in [0.15, 0.2) is 5.79 Å². The second-order valence-corrected chi connectivity index (χ2v) is 7.26. The van der Waals surface area contributed by atoms with Crippen LogP contribution in [0.25, 0.3) is 0 Å². The van der Waals surface area contributed by atoms with Gasteiger partial charge in [-0.2, -0.15) is 0 Å². The number of ether oxygens (including phenoxy) is 3. The average molecular weight is 375 g/mol. The van der Waals surface area contributed by atoms with E-state index >= 15 is 0 Å². The van der Waals surface area contributed by atoms with E-state index in [1.807, 2.05) is 62.4 Å². The molecule has 0 aliphatic carbocycles. The van der Waals surface area contributed by atoms with E-state index in [1.54, 1.807) is 0 Å². The summed E-state index contributed by atoms with van der Waals surface area (Å²) in [5.74, 6) is 0.294. The summed E-state index contributed by atoms with van der Waals surface area (Å²) in [5, 5.41) is 0. The minimum Gasteiger partial charge on any atom is -0.491 e. The van der Waals surface area contributed by atoms with Crippen LogP contribution in [-0.4, -0.2) is 25.1 Å². The van der Waals surface area contributed by atoms with Crippen molar-refractivity contribution in [2.75, 3.05) is 18.1 Å². The molecule has 0 saturated carbocycles. The van der Waals surface area contributed by atoms with E-state index in [9.17, 15) is 0 Å². The van der Waals surface area contributed by atoms with Crippen LogP contribution in [-0.2, 0) is 9.47 Å². The topological polar surface area (TPSA) is 30.9 Å². The summed E-state index contributed by atoms with van der Waals surface area (Å²) in [6.45, 7) is 4.87. The zero-order valence-corrected chi connectivity index (χ0v) is 16.2. The Kier molecular flexibility index (Phi) is 5.33. The lowest BCUT2D eigenvalue weighted by molar-refractivity contribution is -0.141. The quantitative estimate of drug-likeness (QED) is 0.554. The molecule has 1 aliphatic rings. The predicted molar refractivity (Wildman–Crippen MR) is 112 cm³/mol. The van der Waals surface area contributed by atoms with Crippen molar-refractivity contribution in [3.63, 3.8) is 0 Å². The van der Waals surface area contributed by atoms with Gasteiger partial charge >= 0.3 is 0 Å². The van der Waals surface area contributed by atoms with E-state index in [0.717, 1.165) is 22.8 Å². The average Bonchev–Trinajstić information content (AvgIpc) is 3.08. The van der Waals surface area contributed by atoms with Gasteiger partial charge in [-0.3, -0.25) is 0 Å². The van der Waals surface area contributed by atoms with Gasteiger partial charge in [-0.05, 0) is 62.4 Å². The maximum Gasteiger partial charge on any atom is 0.163 e. The number of para-hydroxylation sites is 2. The van der Waals surface area contributed by atoms with Gasteiger partial charge in [-0.25, -0.2) is 0 Å². The Bertz CT molecular complexity index is 839. The lowest BCUT2D eigenvalue weighted by Gasteiger charge is -2.25. The van der Waals surface area contributed by atoms with Crippen LogP contribution < -0.4 is 9.64 Å². The molecule has 1 atom stereocenters. The first kappa shape index (κ1) is 18.5. The minimum atomic E-state index is -0.524. The molecule has 0 radical (unpaired) electrons. The second-order valence-electron chi connectivity index (χ2n) is 7.26. The molecule has 0 amide bonds. The predicted octanol–water partition coefficient (Wildman–Crippen LogP) is 5.69. The van der Waals surface area contributed by atoms with E-state index in [4.69, 9.17) is 14.2 Å². The van der Waals surface area contributed by atoms with Crippen molar-refractivity contribution in [3.05, 3.63) is 84.9 Å². The standard InChI is InChI=1S/C24H25NO3/c1-24(2)27-18-23(28-24)17-26-22-15-13-21(14-16-22)25(19-9-5-3-6-10-19)20-11-7-4-8-12-20/h3-16,23H,17-18H2,1-2H3. The summed E-state index contributed by atoms with van der Waals surface area (Å²) < 4.78 is 17.3. The zero-order chi connectivity index (χ0) is 19.4. The van der Waals surface area contributed by atoms with Crippen molar-refractivity contribution >= 4 is 17.1 Å². The molecule has 3 aromatic carbocycles. The van der Waals surface area contributed by atoms with E-state index in [-0.39, 0.29) is 6.10 Å².